The molecule has 108 valence electrons. The van der Waals surface area contributed by atoms with Gasteiger partial charge < -0.3 is 13.3 Å². The van der Waals surface area contributed by atoms with E-state index in [2.05, 4.69) is 11.9 Å². The number of hydrogen-bond acceptors (Lipinski definition) is 4. The Hall–Kier alpha value is 0.0569. The molecule has 2 unspecified atom stereocenters. The third-order valence-electron chi connectivity index (χ3n) is 3.48. The molecule has 1 fully saturated rings. The van der Waals surface area contributed by atoms with Gasteiger partial charge in [-0.3, -0.25) is 4.98 Å². The quantitative estimate of drug-likeness (QED) is 0.691. The molecule has 2 atom stereocenters. The molecular formula is C13H29NO3Si. The van der Waals surface area contributed by atoms with Crippen LogP contribution in [0.3, 0.4) is 0 Å². The molecule has 0 heterocycles. The van der Waals surface area contributed by atoms with Crippen LogP contribution in [0.4, 0.5) is 0 Å². The summed E-state index contributed by atoms with van der Waals surface area (Å²) in [6.45, 7) is 10.2. The third-order valence-corrected chi connectivity index (χ3v) is 6.21. The highest BCUT2D eigenvalue weighted by molar-refractivity contribution is 6.58. The predicted octanol–water partition coefficient (Wildman–Crippen LogP) is 2.70. The van der Waals surface area contributed by atoms with E-state index in [1.807, 2.05) is 20.8 Å². The Bertz CT molecular complexity index is 211. The van der Waals surface area contributed by atoms with Crippen molar-refractivity contribution >= 4 is 8.97 Å². The minimum atomic E-state index is -2.67. The van der Waals surface area contributed by atoms with Crippen molar-refractivity contribution in [3.63, 3.8) is 0 Å². The summed E-state index contributed by atoms with van der Waals surface area (Å²) in [5.74, 6) is 0.673. The summed E-state index contributed by atoms with van der Waals surface area (Å²) in [6, 6.07) is 0.468. The van der Waals surface area contributed by atoms with Crippen LogP contribution in [0.25, 0.3) is 0 Å². The van der Waals surface area contributed by atoms with Gasteiger partial charge in [0.25, 0.3) is 0 Å². The largest absolute Gasteiger partial charge is 0.597 e. The smallest absolute Gasteiger partial charge is 0.361 e. The Kier molecular flexibility index (Phi) is 7.40. The van der Waals surface area contributed by atoms with Gasteiger partial charge in [0.2, 0.25) is 0 Å². The minimum absolute atomic E-state index is 0.468. The summed E-state index contributed by atoms with van der Waals surface area (Å²) in [5, 5.41) is 0. The number of rotatable bonds is 8. The molecule has 1 aliphatic rings. The van der Waals surface area contributed by atoms with Gasteiger partial charge in [0, 0.05) is 25.9 Å². The van der Waals surface area contributed by atoms with Gasteiger partial charge in [-0.25, -0.2) is 0 Å². The second kappa shape index (κ2) is 8.27. The lowest BCUT2D eigenvalue weighted by Crippen LogP contribution is -2.63. The summed E-state index contributed by atoms with van der Waals surface area (Å²) in [5.41, 5.74) is 0. The Morgan fingerprint density at radius 3 is 1.89 bits per heavy atom. The second-order valence-corrected chi connectivity index (χ2v) is 7.13. The summed E-state index contributed by atoms with van der Waals surface area (Å²) in [4.78, 5) is 3.59. The Morgan fingerprint density at radius 1 is 0.944 bits per heavy atom. The van der Waals surface area contributed by atoms with Crippen LogP contribution in [0, 0.1) is 5.92 Å². The van der Waals surface area contributed by atoms with E-state index in [9.17, 15) is 0 Å². The Balaban J connectivity index is 2.67. The molecule has 18 heavy (non-hydrogen) atoms. The molecule has 4 nitrogen and oxygen atoms in total. The van der Waals surface area contributed by atoms with Crippen LogP contribution in [0.5, 0.6) is 0 Å². The van der Waals surface area contributed by atoms with E-state index in [1.54, 1.807) is 0 Å². The summed E-state index contributed by atoms with van der Waals surface area (Å²) < 4.78 is 17.5. The molecule has 0 aromatic carbocycles. The Labute approximate surface area is 113 Å². The zero-order valence-electron chi connectivity index (χ0n) is 12.3. The molecule has 0 spiro atoms. The lowest BCUT2D eigenvalue weighted by atomic mass is 9.87. The highest BCUT2D eigenvalue weighted by Crippen LogP contribution is 2.25. The average Bonchev–Trinajstić information content (AvgIpc) is 2.33. The number of hydrogen-bond donors (Lipinski definition) is 1. The molecule has 0 saturated heterocycles. The van der Waals surface area contributed by atoms with E-state index >= 15 is 0 Å². The maximum Gasteiger partial charge on any atom is 0.597 e. The van der Waals surface area contributed by atoms with E-state index < -0.39 is 8.97 Å². The first kappa shape index (κ1) is 16.1. The van der Waals surface area contributed by atoms with Crippen molar-refractivity contribution in [2.45, 2.75) is 59.4 Å². The minimum Gasteiger partial charge on any atom is -0.361 e. The standard InChI is InChI=1S/C13H29NO3Si/c1-5-15-18(16-6-2,17-7-3)14-13-11-9-8-10-12(13)4/h12-14H,5-11H2,1-4H3. The van der Waals surface area contributed by atoms with Crippen molar-refractivity contribution in [2.75, 3.05) is 19.8 Å². The van der Waals surface area contributed by atoms with E-state index in [-0.39, 0.29) is 0 Å². The maximum absolute atomic E-state index is 5.84. The molecule has 5 heteroatoms. The van der Waals surface area contributed by atoms with E-state index in [1.165, 1.54) is 25.7 Å². The molecule has 0 bridgehead atoms. The van der Waals surface area contributed by atoms with Gasteiger partial charge in [-0.15, -0.1) is 0 Å². The molecule has 0 aliphatic heterocycles. The molecule has 1 saturated carbocycles. The van der Waals surface area contributed by atoms with Gasteiger partial charge in [-0.2, -0.15) is 0 Å². The Morgan fingerprint density at radius 2 is 1.44 bits per heavy atom. The van der Waals surface area contributed by atoms with Crippen LogP contribution in [-0.2, 0) is 13.3 Å². The summed E-state index contributed by atoms with van der Waals surface area (Å²) in [7, 11) is -2.67. The summed E-state index contributed by atoms with van der Waals surface area (Å²) in [6.07, 6.45) is 5.11. The first-order valence-corrected chi connectivity index (χ1v) is 9.09. The molecule has 0 aromatic rings. The van der Waals surface area contributed by atoms with E-state index in [0.29, 0.717) is 31.8 Å². The van der Waals surface area contributed by atoms with Crippen molar-refractivity contribution in [1.29, 1.82) is 0 Å². The monoisotopic (exact) mass is 275 g/mol. The highest BCUT2D eigenvalue weighted by atomic mass is 28.4. The van der Waals surface area contributed by atoms with Crippen LogP contribution in [0.15, 0.2) is 0 Å². The molecule has 0 radical (unpaired) electrons. The van der Waals surface area contributed by atoms with Crippen LogP contribution in [0.2, 0.25) is 0 Å². The van der Waals surface area contributed by atoms with Crippen molar-refractivity contribution in [2.24, 2.45) is 5.92 Å². The van der Waals surface area contributed by atoms with Gasteiger partial charge in [0.15, 0.2) is 0 Å². The van der Waals surface area contributed by atoms with Gasteiger partial charge in [-0.1, -0.05) is 19.8 Å². The topological polar surface area (TPSA) is 39.7 Å². The highest BCUT2D eigenvalue weighted by Gasteiger charge is 2.44. The van der Waals surface area contributed by atoms with Crippen LogP contribution in [0.1, 0.15) is 53.4 Å². The fraction of sp³-hybridized carbons (Fsp3) is 1.00. The lowest BCUT2D eigenvalue weighted by molar-refractivity contribution is 0.0508. The predicted molar refractivity (Wildman–Crippen MR) is 75.2 cm³/mol. The first-order chi connectivity index (χ1) is 8.67. The summed E-state index contributed by atoms with van der Waals surface area (Å²) >= 11 is 0. The van der Waals surface area contributed by atoms with Crippen molar-refractivity contribution in [1.82, 2.24) is 4.98 Å². The first-order valence-electron chi connectivity index (χ1n) is 7.37. The van der Waals surface area contributed by atoms with Gasteiger partial charge in [-0.05, 0) is 39.5 Å². The lowest BCUT2D eigenvalue weighted by Gasteiger charge is -2.36. The molecule has 0 aromatic heterocycles. The zero-order valence-corrected chi connectivity index (χ0v) is 13.3. The molecule has 0 amide bonds. The fourth-order valence-electron chi connectivity index (χ4n) is 2.58. The third kappa shape index (κ3) is 4.62. The van der Waals surface area contributed by atoms with Crippen LogP contribution in [-0.4, -0.2) is 34.8 Å². The van der Waals surface area contributed by atoms with Crippen LogP contribution < -0.4 is 4.98 Å². The SMILES string of the molecule is CCO[Si](NC1CCCCC1C)(OCC)OCC. The fourth-order valence-corrected chi connectivity index (χ4v) is 5.10. The average molecular weight is 275 g/mol. The molecule has 1 N–H and O–H groups in total. The zero-order chi connectivity index (χ0) is 13.4. The van der Waals surface area contributed by atoms with Crippen molar-refractivity contribution in [3.8, 4) is 0 Å². The van der Waals surface area contributed by atoms with Gasteiger partial charge in [0.05, 0.1) is 0 Å². The maximum atomic E-state index is 5.84. The molecule has 1 rings (SSSR count). The van der Waals surface area contributed by atoms with Crippen molar-refractivity contribution in [3.05, 3.63) is 0 Å². The molecular weight excluding hydrogens is 246 g/mol. The van der Waals surface area contributed by atoms with Gasteiger partial charge in [0.1, 0.15) is 0 Å². The number of nitrogens with one attached hydrogen (secondary N) is 1. The van der Waals surface area contributed by atoms with Gasteiger partial charge >= 0.3 is 8.97 Å². The van der Waals surface area contributed by atoms with E-state index in [0.717, 1.165) is 0 Å². The van der Waals surface area contributed by atoms with E-state index in [4.69, 9.17) is 13.3 Å². The van der Waals surface area contributed by atoms with Crippen molar-refractivity contribution < 1.29 is 13.3 Å². The normalized spacial score (nSPS) is 25.3. The van der Waals surface area contributed by atoms with Crippen LogP contribution >= 0.6 is 0 Å². The second-order valence-electron chi connectivity index (χ2n) is 4.87. The molecule has 1 aliphatic carbocycles.